The molecule has 0 saturated heterocycles. The van der Waals surface area contributed by atoms with Crippen LogP contribution in [0.1, 0.15) is 18.4 Å². The summed E-state index contributed by atoms with van der Waals surface area (Å²) in [5.41, 5.74) is 7.10. The first-order valence-corrected chi connectivity index (χ1v) is 5.34. The van der Waals surface area contributed by atoms with E-state index in [1.165, 1.54) is 5.56 Å². The minimum absolute atomic E-state index is 0. The number of rotatable bonds is 5. The molecule has 0 heterocycles. The summed E-state index contributed by atoms with van der Waals surface area (Å²) in [6, 6.07) is 8.05. The van der Waals surface area contributed by atoms with E-state index in [4.69, 9.17) is 10.5 Å². The first-order chi connectivity index (χ1) is 7.23. The van der Waals surface area contributed by atoms with Crippen LogP contribution in [0.3, 0.4) is 0 Å². The minimum atomic E-state index is -0.0543. The lowest BCUT2D eigenvalue weighted by Crippen LogP contribution is -2.29. The van der Waals surface area contributed by atoms with Gasteiger partial charge in [0.25, 0.3) is 0 Å². The molecule has 1 fully saturated rings. The summed E-state index contributed by atoms with van der Waals surface area (Å²) < 4.78 is 5.74. The molecule has 0 aliphatic heterocycles. The van der Waals surface area contributed by atoms with Gasteiger partial charge in [0.1, 0.15) is 12.4 Å². The monoisotopic (exact) mass is 239 g/mol. The Bertz CT molecular complexity index is 361. The molecule has 2 nitrogen and oxygen atoms in total. The molecule has 3 heteroatoms. The average molecular weight is 240 g/mol. The van der Waals surface area contributed by atoms with Gasteiger partial charge in [-0.05, 0) is 30.9 Å². The van der Waals surface area contributed by atoms with E-state index >= 15 is 0 Å². The van der Waals surface area contributed by atoms with Gasteiger partial charge >= 0.3 is 0 Å². The third-order valence-electron chi connectivity index (χ3n) is 2.74. The number of halogens is 1. The predicted molar refractivity (Wildman–Crippen MR) is 69.2 cm³/mol. The largest absolute Gasteiger partial charge is 0.491 e. The lowest BCUT2D eigenvalue weighted by molar-refractivity contribution is 0.277. The van der Waals surface area contributed by atoms with Crippen molar-refractivity contribution in [2.45, 2.75) is 24.8 Å². The maximum absolute atomic E-state index is 5.97. The number of allylic oxidation sites excluding steroid dienone is 1. The smallest absolute Gasteiger partial charge is 0.122 e. The van der Waals surface area contributed by atoms with Crippen LogP contribution >= 0.6 is 12.4 Å². The van der Waals surface area contributed by atoms with Crippen molar-refractivity contribution in [2.75, 3.05) is 6.61 Å². The zero-order chi connectivity index (χ0) is 10.7. The molecule has 0 aromatic heterocycles. The highest BCUT2D eigenvalue weighted by Gasteiger charge is 2.39. The third kappa shape index (κ3) is 3.26. The Labute approximate surface area is 103 Å². The zero-order valence-corrected chi connectivity index (χ0v) is 10.1. The van der Waals surface area contributed by atoms with Crippen molar-refractivity contribution >= 4 is 12.4 Å². The third-order valence-corrected chi connectivity index (χ3v) is 2.74. The molecule has 0 atom stereocenters. The van der Waals surface area contributed by atoms with Gasteiger partial charge in [-0.2, -0.15) is 0 Å². The minimum Gasteiger partial charge on any atom is -0.491 e. The normalized spacial score (nSPS) is 16.1. The zero-order valence-electron chi connectivity index (χ0n) is 9.32. The molecule has 0 spiro atoms. The Morgan fingerprint density at radius 2 is 2.06 bits per heavy atom. The Balaban J connectivity index is 0.00000128. The van der Waals surface area contributed by atoms with Gasteiger partial charge in [0.15, 0.2) is 0 Å². The molecule has 1 aromatic rings. The van der Waals surface area contributed by atoms with Crippen molar-refractivity contribution in [3.63, 3.8) is 0 Å². The maximum Gasteiger partial charge on any atom is 0.122 e. The van der Waals surface area contributed by atoms with Crippen LogP contribution in [-0.4, -0.2) is 12.1 Å². The quantitative estimate of drug-likeness (QED) is 0.802. The molecule has 88 valence electrons. The fourth-order valence-corrected chi connectivity index (χ4v) is 1.50. The van der Waals surface area contributed by atoms with E-state index in [1.54, 1.807) is 0 Å². The van der Waals surface area contributed by atoms with Crippen molar-refractivity contribution in [2.24, 2.45) is 5.73 Å². The summed E-state index contributed by atoms with van der Waals surface area (Å²) >= 11 is 0. The van der Waals surface area contributed by atoms with E-state index < -0.39 is 0 Å². The van der Waals surface area contributed by atoms with E-state index in [2.05, 4.69) is 12.6 Å². The van der Waals surface area contributed by atoms with E-state index in [0.29, 0.717) is 6.61 Å². The molecular formula is C13H18ClNO. The molecule has 0 bridgehead atoms. The van der Waals surface area contributed by atoms with Crippen molar-refractivity contribution in [1.82, 2.24) is 0 Å². The molecule has 2 N–H and O–H groups in total. The summed E-state index contributed by atoms with van der Waals surface area (Å²) in [6.45, 7) is 4.36. The highest BCUT2D eigenvalue weighted by molar-refractivity contribution is 5.85. The van der Waals surface area contributed by atoms with Gasteiger partial charge in [-0.25, -0.2) is 0 Å². The summed E-state index contributed by atoms with van der Waals surface area (Å²) in [5.74, 6) is 0.939. The molecule has 1 aromatic carbocycles. The number of benzene rings is 1. The number of hydrogen-bond acceptors (Lipinski definition) is 2. The van der Waals surface area contributed by atoms with Crippen molar-refractivity contribution in [3.05, 3.63) is 42.5 Å². The number of para-hydroxylation sites is 1. The van der Waals surface area contributed by atoms with Gasteiger partial charge < -0.3 is 10.5 Å². The SMILES string of the molecule is C=CCc1ccccc1OCC1(N)CC1.Cl. The molecule has 1 aliphatic rings. The molecule has 0 radical (unpaired) electrons. The van der Waals surface area contributed by atoms with Gasteiger partial charge in [0.2, 0.25) is 0 Å². The lowest BCUT2D eigenvalue weighted by atomic mass is 10.1. The van der Waals surface area contributed by atoms with E-state index in [0.717, 1.165) is 25.0 Å². The Hall–Kier alpha value is -0.990. The number of ether oxygens (including phenoxy) is 1. The van der Waals surface area contributed by atoms with E-state index in [9.17, 15) is 0 Å². The standard InChI is InChI=1S/C13H17NO.ClH/c1-2-5-11-6-3-4-7-12(11)15-10-13(14)8-9-13;/h2-4,6-7H,1,5,8-10,14H2;1H. The Kier molecular flexibility index (Phi) is 4.39. The van der Waals surface area contributed by atoms with Gasteiger partial charge in [-0.1, -0.05) is 24.3 Å². The average Bonchev–Trinajstić information content (AvgIpc) is 2.97. The predicted octanol–water partition coefficient (Wildman–Crippen LogP) is 2.71. The lowest BCUT2D eigenvalue weighted by Gasteiger charge is -2.13. The summed E-state index contributed by atoms with van der Waals surface area (Å²) in [5, 5.41) is 0. The molecule has 2 rings (SSSR count). The maximum atomic E-state index is 5.97. The van der Waals surface area contributed by atoms with Gasteiger partial charge in [-0.15, -0.1) is 19.0 Å². The molecule has 1 aliphatic carbocycles. The van der Waals surface area contributed by atoms with Gasteiger partial charge in [0, 0.05) is 0 Å². The van der Waals surface area contributed by atoms with Crippen LogP contribution in [0.4, 0.5) is 0 Å². The van der Waals surface area contributed by atoms with Crippen molar-refractivity contribution < 1.29 is 4.74 Å². The first-order valence-electron chi connectivity index (χ1n) is 5.34. The number of hydrogen-bond donors (Lipinski definition) is 1. The van der Waals surface area contributed by atoms with Crippen LogP contribution in [0, 0.1) is 0 Å². The van der Waals surface area contributed by atoms with Crippen LogP contribution < -0.4 is 10.5 Å². The highest BCUT2D eigenvalue weighted by atomic mass is 35.5. The van der Waals surface area contributed by atoms with Gasteiger partial charge in [0.05, 0.1) is 5.54 Å². The molecule has 1 saturated carbocycles. The van der Waals surface area contributed by atoms with Crippen LogP contribution in [0.2, 0.25) is 0 Å². The molecule has 16 heavy (non-hydrogen) atoms. The topological polar surface area (TPSA) is 35.2 Å². The van der Waals surface area contributed by atoms with Crippen LogP contribution in [0.25, 0.3) is 0 Å². The highest BCUT2D eigenvalue weighted by Crippen LogP contribution is 2.33. The van der Waals surface area contributed by atoms with E-state index in [1.807, 2.05) is 24.3 Å². The first kappa shape index (κ1) is 13.1. The van der Waals surface area contributed by atoms with Crippen molar-refractivity contribution in [1.29, 1.82) is 0 Å². The second kappa shape index (κ2) is 5.37. The fraction of sp³-hybridized carbons (Fsp3) is 0.385. The summed E-state index contributed by atoms with van der Waals surface area (Å²) in [4.78, 5) is 0. The molecule has 0 unspecified atom stereocenters. The second-order valence-electron chi connectivity index (χ2n) is 4.25. The van der Waals surface area contributed by atoms with Crippen molar-refractivity contribution in [3.8, 4) is 5.75 Å². The molecular weight excluding hydrogens is 222 g/mol. The number of nitrogens with two attached hydrogens (primary N) is 1. The van der Waals surface area contributed by atoms with Crippen LogP contribution in [0.15, 0.2) is 36.9 Å². The summed E-state index contributed by atoms with van der Waals surface area (Å²) in [7, 11) is 0. The second-order valence-corrected chi connectivity index (χ2v) is 4.25. The fourth-order valence-electron chi connectivity index (χ4n) is 1.50. The van der Waals surface area contributed by atoms with Crippen LogP contribution in [0.5, 0.6) is 5.75 Å². The Morgan fingerprint density at radius 1 is 1.38 bits per heavy atom. The Morgan fingerprint density at radius 3 is 2.69 bits per heavy atom. The molecule has 0 amide bonds. The van der Waals surface area contributed by atoms with Crippen LogP contribution in [-0.2, 0) is 6.42 Å². The van der Waals surface area contributed by atoms with Gasteiger partial charge in [-0.3, -0.25) is 0 Å². The van der Waals surface area contributed by atoms with E-state index in [-0.39, 0.29) is 17.9 Å². The summed E-state index contributed by atoms with van der Waals surface area (Å²) in [6.07, 6.45) is 4.89.